The van der Waals surface area contributed by atoms with Crippen LogP contribution in [-0.4, -0.2) is 12.9 Å². The van der Waals surface area contributed by atoms with Gasteiger partial charge in [0.25, 0.3) is 0 Å². The van der Waals surface area contributed by atoms with E-state index in [4.69, 9.17) is 9.47 Å². The number of aryl methyl sites for hydroxylation is 1. The standard InChI is InChI=1S/C12H15O2/c1-10-6-2-3-7-11(10)14-12-8-4-5-9-13-12/h3,6-7,12H,4-5,8-9H2,1H3. The first-order valence-electron chi connectivity index (χ1n) is 5.11. The van der Waals surface area contributed by atoms with E-state index in [1.807, 2.05) is 25.1 Å². The predicted molar refractivity (Wildman–Crippen MR) is 54.2 cm³/mol. The van der Waals surface area contributed by atoms with E-state index in [9.17, 15) is 0 Å². The monoisotopic (exact) mass is 191 g/mol. The number of hydrogen-bond donors (Lipinski definition) is 0. The van der Waals surface area contributed by atoms with E-state index in [-0.39, 0.29) is 6.29 Å². The molecule has 0 spiro atoms. The van der Waals surface area contributed by atoms with Gasteiger partial charge in [-0.2, -0.15) is 0 Å². The zero-order valence-electron chi connectivity index (χ0n) is 8.45. The summed E-state index contributed by atoms with van der Waals surface area (Å²) in [4.78, 5) is 0. The van der Waals surface area contributed by atoms with Crippen LogP contribution in [0.4, 0.5) is 0 Å². The molecule has 1 atom stereocenters. The van der Waals surface area contributed by atoms with E-state index in [2.05, 4.69) is 6.07 Å². The molecular formula is C12H15O2. The summed E-state index contributed by atoms with van der Waals surface area (Å²) in [5, 5.41) is 0. The molecule has 1 fully saturated rings. The average molecular weight is 191 g/mol. The van der Waals surface area contributed by atoms with Gasteiger partial charge in [-0.25, -0.2) is 0 Å². The summed E-state index contributed by atoms with van der Waals surface area (Å²) >= 11 is 0. The molecule has 1 aromatic carbocycles. The van der Waals surface area contributed by atoms with Crippen LogP contribution in [0.3, 0.4) is 0 Å². The third kappa shape index (κ3) is 2.26. The van der Waals surface area contributed by atoms with Gasteiger partial charge in [-0.1, -0.05) is 6.07 Å². The van der Waals surface area contributed by atoms with Crippen LogP contribution < -0.4 is 4.74 Å². The summed E-state index contributed by atoms with van der Waals surface area (Å²) in [5.74, 6) is 0.913. The fourth-order valence-electron chi connectivity index (χ4n) is 1.58. The van der Waals surface area contributed by atoms with Crippen molar-refractivity contribution in [2.75, 3.05) is 6.61 Å². The Morgan fingerprint density at radius 2 is 2.43 bits per heavy atom. The molecule has 1 unspecified atom stereocenters. The normalized spacial score (nSPS) is 21.9. The first-order chi connectivity index (χ1) is 6.86. The lowest BCUT2D eigenvalue weighted by Crippen LogP contribution is -2.25. The van der Waals surface area contributed by atoms with Gasteiger partial charge in [0, 0.05) is 6.42 Å². The summed E-state index contributed by atoms with van der Waals surface area (Å²) in [6, 6.07) is 8.75. The van der Waals surface area contributed by atoms with Crippen molar-refractivity contribution in [3.8, 4) is 5.75 Å². The molecule has 2 heteroatoms. The quantitative estimate of drug-likeness (QED) is 0.715. The predicted octanol–water partition coefficient (Wildman–Crippen LogP) is 2.70. The topological polar surface area (TPSA) is 18.5 Å². The summed E-state index contributed by atoms with van der Waals surface area (Å²) in [6.45, 7) is 2.84. The Morgan fingerprint density at radius 1 is 1.50 bits per heavy atom. The van der Waals surface area contributed by atoms with Crippen molar-refractivity contribution in [1.29, 1.82) is 0 Å². The summed E-state index contributed by atoms with van der Waals surface area (Å²) < 4.78 is 11.2. The first-order valence-corrected chi connectivity index (χ1v) is 5.11. The first kappa shape index (κ1) is 9.53. The van der Waals surface area contributed by atoms with E-state index in [1.54, 1.807) is 0 Å². The molecule has 0 aliphatic carbocycles. The smallest absolute Gasteiger partial charge is 0.199 e. The minimum absolute atomic E-state index is 0.0511. The fourth-order valence-corrected chi connectivity index (χ4v) is 1.58. The Kier molecular flexibility index (Phi) is 3.04. The Labute approximate surface area is 84.8 Å². The second kappa shape index (κ2) is 4.47. The van der Waals surface area contributed by atoms with Crippen LogP contribution in [0.25, 0.3) is 0 Å². The Balaban J connectivity index is 1.99. The molecule has 0 aromatic heterocycles. The fraction of sp³-hybridized carbons (Fsp3) is 0.500. The van der Waals surface area contributed by atoms with Crippen LogP contribution in [0.5, 0.6) is 5.75 Å². The maximum Gasteiger partial charge on any atom is 0.199 e. The molecule has 1 aliphatic heterocycles. The third-order valence-electron chi connectivity index (χ3n) is 2.42. The third-order valence-corrected chi connectivity index (χ3v) is 2.42. The minimum Gasteiger partial charge on any atom is -0.465 e. The molecule has 0 saturated carbocycles. The van der Waals surface area contributed by atoms with Crippen molar-refractivity contribution < 1.29 is 9.47 Å². The van der Waals surface area contributed by atoms with E-state index in [0.29, 0.717) is 0 Å². The molecule has 0 N–H and O–H groups in total. The second-order valence-electron chi connectivity index (χ2n) is 3.61. The van der Waals surface area contributed by atoms with Crippen molar-refractivity contribution in [2.45, 2.75) is 32.5 Å². The van der Waals surface area contributed by atoms with Crippen molar-refractivity contribution in [2.24, 2.45) is 0 Å². The molecule has 2 nitrogen and oxygen atoms in total. The molecule has 1 saturated heterocycles. The van der Waals surface area contributed by atoms with Gasteiger partial charge < -0.3 is 9.47 Å². The molecule has 2 rings (SSSR count). The molecular weight excluding hydrogens is 176 g/mol. The maximum absolute atomic E-state index is 5.74. The van der Waals surface area contributed by atoms with Crippen molar-refractivity contribution in [1.82, 2.24) is 0 Å². The zero-order valence-corrected chi connectivity index (χ0v) is 8.45. The Morgan fingerprint density at radius 3 is 3.14 bits per heavy atom. The van der Waals surface area contributed by atoms with Crippen LogP contribution in [0.2, 0.25) is 0 Å². The highest BCUT2D eigenvalue weighted by Crippen LogP contribution is 2.21. The summed E-state index contributed by atoms with van der Waals surface area (Å²) in [6.07, 6.45) is 3.30. The van der Waals surface area contributed by atoms with Crippen LogP contribution in [-0.2, 0) is 4.74 Å². The molecule has 0 amide bonds. The molecule has 1 radical (unpaired) electrons. The lowest BCUT2D eigenvalue weighted by molar-refractivity contribution is -0.106. The zero-order chi connectivity index (χ0) is 9.80. The van der Waals surface area contributed by atoms with Crippen molar-refractivity contribution in [3.05, 3.63) is 29.8 Å². The van der Waals surface area contributed by atoms with Gasteiger partial charge in [0.2, 0.25) is 0 Å². The van der Waals surface area contributed by atoms with E-state index in [0.717, 1.165) is 30.8 Å². The number of benzene rings is 1. The molecule has 75 valence electrons. The summed E-state index contributed by atoms with van der Waals surface area (Å²) in [7, 11) is 0. The maximum atomic E-state index is 5.74. The van der Waals surface area contributed by atoms with E-state index < -0.39 is 0 Å². The highest BCUT2D eigenvalue weighted by Gasteiger charge is 2.15. The lowest BCUT2D eigenvalue weighted by atomic mass is 10.2. The van der Waals surface area contributed by atoms with Crippen LogP contribution in [0.1, 0.15) is 24.8 Å². The average Bonchev–Trinajstić information content (AvgIpc) is 2.23. The van der Waals surface area contributed by atoms with Crippen molar-refractivity contribution >= 4 is 0 Å². The number of hydrogen-bond acceptors (Lipinski definition) is 2. The highest BCUT2D eigenvalue weighted by molar-refractivity contribution is 5.31. The SMILES string of the molecule is Cc1c[c]ccc1OC1CCCCO1. The van der Waals surface area contributed by atoms with Crippen LogP contribution >= 0.6 is 0 Å². The van der Waals surface area contributed by atoms with Gasteiger partial charge in [-0.05, 0) is 43.5 Å². The van der Waals surface area contributed by atoms with Gasteiger partial charge in [0.1, 0.15) is 5.75 Å². The summed E-state index contributed by atoms with van der Waals surface area (Å²) in [5.41, 5.74) is 1.11. The van der Waals surface area contributed by atoms with Crippen LogP contribution in [0, 0.1) is 13.0 Å². The largest absolute Gasteiger partial charge is 0.465 e. The number of ether oxygens (including phenoxy) is 2. The van der Waals surface area contributed by atoms with Gasteiger partial charge in [-0.3, -0.25) is 0 Å². The Bertz CT molecular complexity index is 290. The van der Waals surface area contributed by atoms with E-state index in [1.165, 1.54) is 6.42 Å². The Hall–Kier alpha value is -1.02. The molecule has 1 heterocycles. The second-order valence-corrected chi connectivity index (χ2v) is 3.61. The molecule has 14 heavy (non-hydrogen) atoms. The van der Waals surface area contributed by atoms with Crippen molar-refractivity contribution in [3.63, 3.8) is 0 Å². The van der Waals surface area contributed by atoms with Gasteiger partial charge >= 0.3 is 0 Å². The lowest BCUT2D eigenvalue weighted by Gasteiger charge is -2.24. The van der Waals surface area contributed by atoms with E-state index >= 15 is 0 Å². The van der Waals surface area contributed by atoms with Gasteiger partial charge in [0.05, 0.1) is 6.61 Å². The minimum atomic E-state index is -0.0511. The van der Waals surface area contributed by atoms with Crippen LogP contribution in [0.15, 0.2) is 18.2 Å². The number of rotatable bonds is 2. The molecule has 1 aromatic rings. The van der Waals surface area contributed by atoms with Gasteiger partial charge in [-0.15, -0.1) is 0 Å². The highest BCUT2D eigenvalue weighted by atomic mass is 16.7. The molecule has 0 bridgehead atoms. The molecule has 1 aliphatic rings. The van der Waals surface area contributed by atoms with Gasteiger partial charge in [0.15, 0.2) is 6.29 Å².